The molecule has 0 atom stereocenters. The summed E-state index contributed by atoms with van der Waals surface area (Å²) >= 11 is 0. The highest BCUT2D eigenvalue weighted by molar-refractivity contribution is 5.98. The molecule has 2 aromatic heterocycles. The van der Waals surface area contributed by atoms with E-state index < -0.39 is 0 Å². The fourth-order valence-electron chi connectivity index (χ4n) is 2.70. The average Bonchev–Trinajstić information content (AvgIpc) is 3.09. The van der Waals surface area contributed by atoms with Gasteiger partial charge >= 0.3 is 0 Å². The number of carbonyl (C=O) groups is 1. The summed E-state index contributed by atoms with van der Waals surface area (Å²) in [5.74, 6) is 1.40. The van der Waals surface area contributed by atoms with Gasteiger partial charge in [-0.1, -0.05) is 32.0 Å². The quantitative estimate of drug-likeness (QED) is 0.746. The van der Waals surface area contributed by atoms with Crippen LogP contribution in [0.5, 0.6) is 5.88 Å². The first-order valence-electron chi connectivity index (χ1n) is 8.20. The van der Waals surface area contributed by atoms with Crippen LogP contribution in [0.4, 0.5) is 0 Å². The van der Waals surface area contributed by atoms with Crippen LogP contribution in [0.15, 0.2) is 36.7 Å². The molecule has 0 radical (unpaired) electrons. The Hall–Kier alpha value is -2.96. The zero-order valence-electron chi connectivity index (χ0n) is 14.6. The minimum absolute atomic E-state index is 0.233. The summed E-state index contributed by atoms with van der Waals surface area (Å²) in [4.78, 5) is 16.7. The maximum absolute atomic E-state index is 12.4. The van der Waals surface area contributed by atoms with Crippen molar-refractivity contribution in [2.45, 2.75) is 26.3 Å². The van der Waals surface area contributed by atoms with E-state index >= 15 is 0 Å². The van der Waals surface area contributed by atoms with Crippen molar-refractivity contribution in [3.05, 3.63) is 48.2 Å². The monoisotopic (exact) mass is 339 g/mol. The molecule has 0 bridgehead atoms. The SMILES string of the molecule is COc1nc(C(=O)NCCn2cnnc2C(C)C)cc2ccccc12. The van der Waals surface area contributed by atoms with Crippen LogP contribution >= 0.6 is 0 Å². The number of hydrogen-bond acceptors (Lipinski definition) is 5. The van der Waals surface area contributed by atoms with Gasteiger partial charge in [-0.2, -0.15) is 0 Å². The molecule has 1 N–H and O–H groups in total. The number of hydrogen-bond donors (Lipinski definition) is 1. The Balaban J connectivity index is 1.71. The predicted octanol–water partition coefficient (Wildman–Crippen LogP) is 2.39. The van der Waals surface area contributed by atoms with E-state index in [0.29, 0.717) is 24.7 Å². The normalized spacial score (nSPS) is 11.0. The summed E-state index contributed by atoms with van der Waals surface area (Å²) in [5, 5.41) is 12.7. The van der Waals surface area contributed by atoms with Crippen LogP contribution in [-0.2, 0) is 6.54 Å². The van der Waals surface area contributed by atoms with Crippen molar-refractivity contribution in [2.75, 3.05) is 13.7 Å². The summed E-state index contributed by atoms with van der Waals surface area (Å²) in [6, 6.07) is 9.46. The van der Waals surface area contributed by atoms with Gasteiger partial charge in [0.25, 0.3) is 5.91 Å². The maximum atomic E-state index is 12.4. The minimum Gasteiger partial charge on any atom is -0.481 e. The molecule has 3 rings (SSSR count). The third-order valence-electron chi connectivity index (χ3n) is 3.93. The first-order valence-corrected chi connectivity index (χ1v) is 8.20. The summed E-state index contributed by atoms with van der Waals surface area (Å²) in [7, 11) is 1.55. The van der Waals surface area contributed by atoms with Crippen molar-refractivity contribution in [3.8, 4) is 5.88 Å². The fraction of sp³-hybridized carbons (Fsp3) is 0.333. The number of benzene rings is 1. The molecule has 7 nitrogen and oxygen atoms in total. The number of nitrogens with zero attached hydrogens (tertiary/aromatic N) is 4. The van der Waals surface area contributed by atoms with Crippen LogP contribution < -0.4 is 10.1 Å². The zero-order chi connectivity index (χ0) is 17.8. The van der Waals surface area contributed by atoms with E-state index in [1.807, 2.05) is 28.8 Å². The largest absolute Gasteiger partial charge is 0.481 e. The molecule has 25 heavy (non-hydrogen) atoms. The van der Waals surface area contributed by atoms with Gasteiger partial charge in [0.2, 0.25) is 5.88 Å². The van der Waals surface area contributed by atoms with Crippen molar-refractivity contribution in [1.29, 1.82) is 0 Å². The van der Waals surface area contributed by atoms with Crippen LogP contribution in [-0.4, -0.2) is 39.3 Å². The Kier molecular flexibility index (Phi) is 4.92. The summed E-state index contributed by atoms with van der Waals surface area (Å²) in [5.41, 5.74) is 0.336. The molecule has 130 valence electrons. The molecule has 0 saturated carbocycles. The summed E-state index contributed by atoms with van der Waals surface area (Å²) < 4.78 is 7.26. The van der Waals surface area contributed by atoms with Crippen LogP contribution in [0.3, 0.4) is 0 Å². The maximum Gasteiger partial charge on any atom is 0.270 e. The molecule has 0 unspecified atom stereocenters. The van der Waals surface area contributed by atoms with Crippen molar-refractivity contribution < 1.29 is 9.53 Å². The summed E-state index contributed by atoms with van der Waals surface area (Å²) in [6.45, 7) is 5.19. The highest BCUT2D eigenvalue weighted by Crippen LogP contribution is 2.24. The van der Waals surface area contributed by atoms with Crippen LogP contribution in [0, 0.1) is 0 Å². The van der Waals surface area contributed by atoms with Gasteiger partial charge < -0.3 is 14.6 Å². The molecule has 2 heterocycles. The lowest BCUT2D eigenvalue weighted by molar-refractivity contribution is 0.0946. The van der Waals surface area contributed by atoms with Gasteiger partial charge in [-0.3, -0.25) is 4.79 Å². The molecule has 0 aliphatic heterocycles. The van der Waals surface area contributed by atoms with Gasteiger partial charge in [0.1, 0.15) is 17.8 Å². The number of methoxy groups -OCH3 is 1. The molecule has 0 saturated heterocycles. The van der Waals surface area contributed by atoms with E-state index in [9.17, 15) is 4.79 Å². The molecule has 0 aliphatic rings. The van der Waals surface area contributed by atoms with E-state index in [0.717, 1.165) is 16.6 Å². The van der Waals surface area contributed by atoms with Crippen molar-refractivity contribution in [1.82, 2.24) is 25.1 Å². The number of ether oxygens (including phenoxy) is 1. The number of nitrogens with one attached hydrogen (secondary N) is 1. The smallest absolute Gasteiger partial charge is 0.270 e. The van der Waals surface area contributed by atoms with E-state index in [-0.39, 0.29) is 11.8 Å². The number of aromatic nitrogens is 4. The number of carbonyl (C=O) groups excluding carboxylic acids is 1. The molecule has 1 amide bonds. The zero-order valence-corrected chi connectivity index (χ0v) is 14.6. The molecule has 1 aromatic carbocycles. The van der Waals surface area contributed by atoms with Crippen LogP contribution in [0.25, 0.3) is 10.8 Å². The van der Waals surface area contributed by atoms with Crippen LogP contribution in [0.2, 0.25) is 0 Å². The van der Waals surface area contributed by atoms with E-state index in [2.05, 4.69) is 34.3 Å². The fourth-order valence-corrected chi connectivity index (χ4v) is 2.70. The third-order valence-corrected chi connectivity index (χ3v) is 3.93. The van der Waals surface area contributed by atoms with Crippen LogP contribution in [0.1, 0.15) is 36.1 Å². The van der Waals surface area contributed by atoms with E-state index in [4.69, 9.17) is 4.74 Å². The van der Waals surface area contributed by atoms with E-state index in [1.54, 1.807) is 19.5 Å². The average molecular weight is 339 g/mol. The highest BCUT2D eigenvalue weighted by Gasteiger charge is 2.13. The Morgan fingerprint density at radius 3 is 2.88 bits per heavy atom. The topological polar surface area (TPSA) is 81.9 Å². The number of amides is 1. The molecule has 0 spiro atoms. The lowest BCUT2D eigenvalue weighted by Crippen LogP contribution is -2.28. The van der Waals surface area contributed by atoms with Gasteiger partial charge in [-0.25, -0.2) is 4.98 Å². The molecule has 0 fully saturated rings. The molecule has 3 aromatic rings. The first kappa shape index (κ1) is 16.9. The number of fused-ring (bicyclic) bond motifs is 1. The Labute approximate surface area is 146 Å². The van der Waals surface area contributed by atoms with Gasteiger partial charge in [0.05, 0.1) is 7.11 Å². The Bertz CT molecular complexity index is 888. The molecular formula is C18H21N5O2. The van der Waals surface area contributed by atoms with Gasteiger partial charge in [0, 0.05) is 24.4 Å². The Morgan fingerprint density at radius 1 is 1.32 bits per heavy atom. The Morgan fingerprint density at radius 2 is 2.12 bits per heavy atom. The summed E-state index contributed by atoms with van der Waals surface area (Å²) in [6.07, 6.45) is 1.68. The van der Waals surface area contributed by atoms with Crippen molar-refractivity contribution >= 4 is 16.7 Å². The van der Waals surface area contributed by atoms with Gasteiger partial charge in [0.15, 0.2) is 0 Å². The highest BCUT2D eigenvalue weighted by atomic mass is 16.5. The van der Waals surface area contributed by atoms with Crippen molar-refractivity contribution in [2.24, 2.45) is 0 Å². The van der Waals surface area contributed by atoms with Gasteiger partial charge in [-0.05, 0) is 17.5 Å². The first-order chi connectivity index (χ1) is 12.1. The minimum atomic E-state index is -0.233. The standard InChI is InChI=1S/C18H21N5O2/c1-12(2)16-22-20-11-23(16)9-8-19-17(24)15-10-13-6-4-5-7-14(13)18(21-15)25-3/h4-7,10-12H,8-9H2,1-3H3,(H,19,24). The van der Waals surface area contributed by atoms with Gasteiger partial charge in [-0.15, -0.1) is 10.2 Å². The molecular weight excluding hydrogens is 318 g/mol. The number of pyridine rings is 1. The number of rotatable bonds is 6. The van der Waals surface area contributed by atoms with Crippen molar-refractivity contribution in [3.63, 3.8) is 0 Å². The van der Waals surface area contributed by atoms with E-state index in [1.165, 1.54) is 0 Å². The predicted molar refractivity (Wildman–Crippen MR) is 94.7 cm³/mol. The second-order valence-electron chi connectivity index (χ2n) is 6.03. The second-order valence-corrected chi connectivity index (χ2v) is 6.03. The second kappa shape index (κ2) is 7.29. The molecule has 0 aliphatic carbocycles. The molecule has 7 heteroatoms. The lowest BCUT2D eigenvalue weighted by atomic mass is 10.1. The third kappa shape index (κ3) is 3.60. The lowest BCUT2D eigenvalue weighted by Gasteiger charge is -2.11.